The van der Waals surface area contributed by atoms with Crippen LogP contribution in [0.5, 0.6) is 0 Å². The van der Waals surface area contributed by atoms with Crippen LogP contribution in [0.25, 0.3) is 0 Å². The summed E-state index contributed by atoms with van der Waals surface area (Å²) in [5, 5.41) is 0. The molecule has 1 heterocycles. The molecule has 2 N–H and O–H groups in total. The second kappa shape index (κ2) is 7.28. The van der Waals surface area contributed by atoms with Crippen LogP contribution in [0.2, 0.25) is 0 Å². The van der Waals surface area contributed by atoms with Gasteiger partial charge < -0.3 is 19.9 Å². The van der Waals surface area contributed by atoms with Crippen molar-refractivity contribution in [3.63, 3.8) is 0 Å². The normalized spacial score (nSPS) is 28.6. The van der Waals surface area contributed by atoms with Crippen molar-refractivity contribution in [3.8, 4) is 0 Å². The van der Waals surface area contributed by atoms with Crippen molar-refractivity contribution >= 4 is 0 Å². The van der Waals surface area contributed by atoms with Crippen molar-refractivity contribution in [2.24, 2.45) is 5.73 Å². The first-order chi connectivity index (χ1) is 8.10. The van der Waals surface area contributed by atoms with Gasteiger partial charge in [-0.3, -0.25) is 4.90 Å². The van der Waals surface area contributed by atoms with Gasteiger partial charge in [0.15, 0.2) is 6.29 Å². The van der Waals surface area contributed by atoms with Gasteiger partial charge >= 0.3 is 0 Å². The zero-order valence-corrected chi connectivity index (χ0v) is 11.4. The summed E-state index contributed by atoms with van der Waals surface area (Å²) in [5.41, 5.74) is 5.86. The Kier molecular flexibility index (Phi) is 6.37. The van der Waals surface area contributed by atoms with Crippen LogP contribution in [0.15, 0.2) is 0 Å². The van der Waals surface area contributed by atoms with E-state index < -0.39 is 0 Å². The van der Waals surface area contributed by atoms with Crippen LogP contribution in [0.1, 0.15) is 20.3 Å². The molecule has 0 aromatic heterocycles. The van der Waals surface area contributed by atoms with Crippen molar-refractivity contribution < 1.29 is 14.2 Å². The van der Waals surface area contributed by atoms with Gasteiger partial charge in [-0.05, 0) is 13.8 Å². The number of ether oxygens (including phenoxy) is 3. The highest BCUT2D eigenvalue weighted by molar-refractivity contribution is 4.81. The first-order valence-corrected chi connectivity index (χ1v) is 6.25. The van der Waals surface area contributed by atoms with Gasteiger partial charge in [-0.2, -0.15) is 0 Å². The van der Waals surface area contributed by atoms with Gasteiger partial charge in [0, 0.05) is 46.3 Å². The molecule has 0 aromatic carbocycles. The minimum absolute atomic E-state index is 0.183. The van der Waals surface area contributed by atoms with Crippen LogP contribution < -0.4 is 5.73 Å². The predicted octanol–water partition coefficient (Wildman–Crippen LogP) is 0.432. The van der Waals surface area contributed by atoms with E-state index in [0.717, 1.165) is 19.5 Å². The molecule has 5 nitrogen and oxygen atoms in total. The highest BCUT2D eigenvalue weighted by atomic mass is 16.7. The Hall–Kier alpha value is -0.200. The lowest BCUT2D eigenvalue weighted by atomic mass is 10.1. The molecule has 0 aliphatic carbocycles. The van der Waals surface area contributed by atoms with Gasteiger partial charge in [-0.1, -0.05) is 0 Å². The molecule has 17 heavy (non-hydrogen) atoms. The zero-order chi connectivity index (χ0) is 12.8. The Labute approximate surface area is 104 Å². The van der Waals surface area contributed by atoms with Crippen LogP contribution in [-0.4, -0.2) is 63.3 Å². The Morgan fingerprint density at radius 2 is 1.76 bits per heavy atom. The lowest BCUT2D eigenvalue weighted by Crippen LogP contribution is -2.53. The fourth-order valence-electron chi connectivity index (χ4n) is 2.42. The summed E-state index contributed by atoms with van der Waals surface area (Å²) in [6, 6.07) is 0.286. The highest BCUT2D eigenvalue weighted by Gasteiger charge is 2.28. The summed E-state index contributed by atoms with van der Waals surface area (Å²) in [5.74, 6) is 0. The number of rotatable bonds is 6. The first-order valence-electron chi connectivity index (χ1n) is 6.25. The Morgan fingerprint density at radius 3 is 2.18 bits per heavy atom. The number of nitrogens with two attached hydrogens (primary N) is 1. The third-order valence-electron chi connectivity index (χ3n) is 3.23. The Bertz CT molecular complexity index is 202. The molecule has 0 aromatic rings. The molecule has 0 spiro atoms. The van der Waals surface area contributed by atoms with E-state index in [9.17, 15) is 0 Å². The summed E-state index contributed by atoms with van der Waals surface area (Å²) >= 11 is 0. The van der Waals surface area contributed by atoms with Crippen molar-refractivity contribution in [2.75, 3.05) is 33.9 Å². The number of methoxy groups -OCH3 is 2. The number of hydrogen-bond donors (Lipinski definition) is 1. The lowest BCUT2D eigenvalue weighted by molar-refractivity contribution is -0.130. The highest BCUT2D eigenvalue weighted by Crippen LogP contribution is 2.17. The standard InChI is InChI=1S/C12H26N2O3/c1-9-7-14(8-10(2)17-9)11(6-13)5-12(15-3)16-4/h9-12H,5-8,13H2,1-4H3/t9-,10+,11?. The van der Waals surface area contributed by atoms with Crippen molar-refractivity contribution in [3.05, 3.63) is 0 Å². The summed E-state index contributed by atoms with van der Waals surface area (Å²) in [6.07, 6.45) is 1.13. The van der Waals surface area contributed by atoms with Crippen LogP contribution >= 0.6 is 0 Å². The van der Waals surface area contributed by atoms with E-state index in [1.54, 1.807) is 14.2 Å². The molecule has 0 saturated carbocycles. The number of nitrogens with zero attached hydrogens (tertiary/aromatic N) is 1. The molecule has 1 aliphatic rings. The van der Waals surface area contributed by atoms with Crippen molar-refractivity contribution in [1.29, 1.82) is 0 Å². The first kappa shape index (κ1) is 14.9. The average molecular weight is 246 g/mol. The van der Waals surface area contributed by atoms with E-state index in [1.165, 1.54) is 0 Å². The van der Waals surface area contributed by atoms with Crippen LogP contribution in [0, 0.1) is 0 Å². The smallest absolute Gasteiger partial charge is 0.158 e. The van der Waals surface area contributed by atoms with Gasteiger partial charge in [-0.25, -0.2) is 0 Å². The van der Waals surface area contributed by atoms with Gasteiger partial charge in [0.1, 0.15) is 0 Å². The summed E-state index contributed by atoms with van der Waals surface area (Å²) in [7, 11) is 3.32. The quantitative estimate of drug-likeness (QED) is 0.689. The van der Waals surface area contributed by atoms with E-state index >= 15 is 0 Å². The molecule has 1 aliphatic heterocycles. The van der Waals surface area contributed by atoms with E-state index in [-0.39, 0.29) is 24.5 Å². The molecule has 0 amide bonds. The molecule has 0 bridgehead atoms. The van der Waals surface area contributed by atoms with Crippen molar-refractivity contribution in [1.82, 2.24) is 4.90 Å². The second-order valence-corrected chi connectivity index (χ2v) is 4.74. The number of morpholine rings is 1. The molecule has 3 atom stereocenters. The maximum Gasteiger partial charge on any atom is 0.158 e. The zero-order valence-electron chi connectivity index (χ0n) is 11.4. The summed E-state index contributed by atoms with van der Waals surface area (Å²) < 4.78 is 16.2. The van der Waals surface area contributed by atoms with E-state index in [4.69, 9.17) is 19.9 Å². The van der Waals surface area contributed by atoms with Crippen LogP contribution in [0.4, 0.5) is 0 Å². The predicted molar refractivity (Wildman–Crippen MR) is 66.8 cm³/mol. The molecular weight excluding hydrogens is 220 g/mol. The maximum atomic E-state index is 5.86. The molecule has 1 saturated heterocycles. The third-order valence-corrected chi connectivity index (χ3v) is 3.23. The fourth-order valence-corrected chi connectivity index (χ4v) is 2.42. The number of hydrogen-bond acceptors (Lipinski definition) is 5. The minimum atomic E-state index is -0.183. The maximum absolute atomic E-state index is 5.86. The SMILES string of the molecule is COC(CC(CN)N1C[C@@H](C)O[C@@H](C)C1)OC. The Morgan fingerprint density at radius 1 is 1.24 bits per heavy atom. The molecule has 1 rings (SSSR count). The monoisotopic (exact) mass is 246 g/mol. The van der Waals surface area contributed by atoms with Crippen LogP contribution in [0.3, 0.4) is 0 Å². The molecule has 0 radical (unpaired) electrons. The molecule has 102 valence electrons. The van der Waals surface area contributed by atoms with Gasteiger partial charge in [-0.15, -0.1) is 0 Å². The summed E-state index contributed by atoms with van der Waals surface area (Å²) in [4.78, 5) is 2.38. The Balaban J connectivity index is 2.53. The van der Waals surface area contributed by atoms with Crippen LogP contribution in [-0.2, 0) is 14.2 Å². The van der Waals surface area contributed by atoms with Gasteiger partial charge in [0.25, 0.3) is 0 Å². The second-order valence-electron chi connectivity index (χ2n) is 4.74. The molecule has 1 unspecified atom stereocenters. The van der Waals surface area contributed by atoms with E-state index in [0.29, 0.717) is 6.54 Å². The molecule has 5 heteroatoms. The largest absolute Gasteiger partial charge is 0.373 e. The summed E-state index contributed by atoms with van der Waals surface area (Å²) in [6.45, 7) is 6.65. The lowest BCUT2D eigenvalue weighted by Gasteiger charge is -2.40. The fraction of sp³-hybridized carbons (Fsp3) is 1.00. The molecule has 1 fully saturated rings. The minimum Gasteiger partial charge on any atom is -0.373 e. The van der Waals surface area contributed by atoms with Gasteiger partial charge in [0.05, 0.1) is 12.2 Å². The third kappa shape index (κ3) is 4.52. The topological polar surface area (TPSA) is 57.0 Å². The van der Waals surface area contributed by atoms with Gasteiger partial charge in [0.2, 0.25) is 0 Å². The van der Waals surface area contributed by atoms with E-state index in [2.05, 4.69) is 18.7 Å². The van der Waals surface area contributed by atoms with E-state index in [1.807, 2.05) is 0 Å². The molecular formula is C12H26N2O3. The van der Waals surface area contributed by atoms with Crippen molar-refractivity contribution in [2.45, 2.75) is 44.8 Å². The average Bonchev–Trinajstić information content (AvgIpc) is 2.29.